The maximum Gasteiger partial charge on any atom is 0.166 e. The average molecular weight is 328 g/mol. The van der Waals surface area contributed by atoms with Crippen molar-refractivity contribution in [1.82, 2.24) is 0 Å². The lowest BCUT2D eigenvalue weighted by Gasteiger charge is -2.38. The summed E-state index contributed by atoms with van der Waals surface area (Å²) in [6.07, 6.45) is 2.67. The summed E-state index contributed by atoms with van der Waals surface area (Å²) in [6, 6.07) is 2.25. The highest BCUT2D eigenvalue weighted by Crippen LogP contribution is 2.40. The van der Waals surface area contributed by atoms with Crippen LogP contribution >= 0.6 is 0 Å². The molecule has 2 atom stereocenters. The highest BCUT2D eigenvalue weighted by molar-refractivity contribution is 7.92. The van der Waals surface area contributed by atoms with Gasteiger partial charge in [-0.05, 0) is 50.3 Å². The van der Waals surface area contributed by atoms with Gasteiger partial charge in [-0.1, -0.05) is 6.42 Å². The number of halogens is 2. The molecule has 0 saturated carbocycles. The Kier molecular flexibility index (Phi) is 3.83. The number of sulfone groups is 1. The monoisotopic (exact) mass is 328 g/mol. The number of fused-ring (bicyclic) bond motifs is 2. The molecule has 0 aliphatic carbocycles. The standard InChI is InChI=1S/C16H18F2O3S/c1-9-13(5-6-14(17)15(9)18)16(19)10-7-11-3-2-4-12(8-10)22(11,20)21/h5-6,10-12H,2-4,7-8H2,1H3. The fourth-order valence-electron chi connectivity index (χ4n) is 3.76. The minimum atomic E-state index is -3.13. The van der Waals surface area contributed by atoms with Crippen molar-refractivity contribution in [2.45, 2.75) is 49.5 Å². The van der Waals surface area contributed by atoms with Crippen molar-refractivity contribution >= 4 is 15.6 Å². The molecule has 6 heteroatoms. The Balaban J connectivity index is 1.90. The normalized spacial score (nSPS) is 30.0. The zero-order valence-corrected chi connectivity index (χ0v) is 13.1. The second kappa shape index (κ2) is 5.41. The van der Waals surface area contributed by atoms with Gasteiger partial charge in [-0.2, -0.15) is 0 Å². The van der Waals surface area contributed by atoms with E-state index in [-0.39, 0.29) is 16.9 Å². The van der Waals surface area contributed by atoms with Gasteiger partial charge < -0.3 is 0 Å². The number of hydrogen-bond acceptors (Lipinski definition) is 3. The first-order valence-electron chi connectivity index (χ1n) is 7.54. The molecule has 2 aliphatic rings. The molecule has 2 fully saturated rings. The van der Waals surface area contributed by atoms with Crippen molar-refractivity contribution in [3.05, 3.63) is 34.9 Å². The number of hydrogen-bond donors (Lipinski definition) is 0. The smallest absolute Gasteiger partial charge is 0.166 e. The first-order valence-corrected chi connectivity index (χ1v) is 9.15. The van der Waals surface area contributed by atoms with Gasteiger partial charge in [0.2, 0.25) is 0 Å². The van der Waals surface area contributed by atoms with Crippen LogP contribution in [0.3, 0.4) is 0 Å². The van der Waals surface area contributed by atoms with Gasteiger partial charge >= 0.3 is 0 Å². The van der Waals surface area contributed by atoms with E-state index in [0.717, 1.165) is 12.5 Å². The van der Waals surface area contributed by atoms with Crippen LogP contribution < -0.4 is 0 Å². The van der Waals surface area contributed by atoms with Crippen molar-refractivity contribution in [3.63, 3.8) is 0 Å². The zero-order chi connectivity index (χ0) is 16.1. The molecule has 0 spiro atoms. The molecular formula is C16H18F2O3S. The van der Waals surface area contributed by atoms with E-state index in [1.165, 1.54) is 13.0 Å². The summed E-state index contributed by atoms with van der Waals surface area (Å²) in [6.45, 7) is 1.38. The van der Waals surface area contributed by atoms with E-state index in [9.17, 15) is 22.0 Å². The summed E-state index contributed by atoms with van der Waals surface area (Å²) in [4.78, 5) is 12.6. The van der Waals surface area contributed by atoms with Crippen LogP contribution in [0.4, 0.5) is 8.78 Å². The molecule has 22 heavy (non-hydrogen) atoms. The third kappa shape index (κ3) is 2.37. The summed E-state index contributed by atoms with van der Waals surface area (Å²) < 4.78 is 51.3. The van der Waals surface area contributed by atoms with E-state index in [0.29, 0.717) is 25.7 Å². The Bertz CT molecular complexity index is 707. The SMILES string of the molecule is Cc1c(C(=O)C2CC3CCCC(C2)S3(=O)=O)ccc(F)c1F. The topological polar surface area (TPSA) is 51.2 Å². The van der Waals surface area contributed by atoms with Crippen molar-refractivity contribution in [2.24, 2.45) is 5.92 Å². The van der Waals surface area contributed by atoms with Gasteiger partial charge in [0, 0.05) is 11.5 Å². The van der Waals surface area contributed by atoms with Crippen molar-refractivity contribution in [2.75, 3.05) is 0 Å². The maximum atomic E-state index is 13.6. The average Bonchev–Trinajstić information content (AvgIpc) is 2.43. The molecule has 2 saturated heterocycles. The van der Waals surface area contributed by atoms with Crippen LogP contribution in [-0.2, 0) is 9.84 Å². The van der Waals surface area contributed by atoms with E-state index in [4.69, 9.17) is 0 Å². The molecular weight excluding hydrogens is 310 g/mol. The molecule has 2 heterocycles. The molecule has 0 N–H and O–H groups in total. The molecule has 2 unspecified atom stereocenters. The number of benzene rings is 1. The molecule has 0 aromatic heterocycles. The van der Waals surface area contributed by atoms with Crippen molar-refractivity contribution in [1.29, 1.82) is 0 Å². The van der Waals surface area contributed by atoms with Crippen LogP contribution in [0.2, 0.25) is 0 Å². The van der Waals surface area contributed by atoms with Crippen LogP contribution in [-0.4, -0.2) is 24.7 Å². The van der Waals surface area contributed by atoms with Crippen molar-refractivity contribution in [3.8, 4) is 0 Å². The molecule has 3 rings (SSSR count). The van der Waals surface area contributed by atoms with Crippen LogP contribution in [0.1, 0.15) is 48.0 Å². The Hall–Kier alpha value is -1.30. The molecule has 3 nitrogen and oxygen atoms in total. The third-order valence-electron chi connectivity index (χ3n) is 5.05. The Morgan fingerprint density at radius 2 is 1.73 bits per heavy atom. The fraction of sp³-hybridized carbons (Fsp3) is 0.562. The second-order valence-corrected chi connectivity index (χ2v) is 8.84. The lowest BCUT2D eigenvalue weighted by atomic mass is 9.83. The largest absolute Gasteiger partial charge is 0.294 e. The van der Waals surface area contributed by atoms with Gasteiger partial charge in [-0.3, -0.25) is 4.79 Å². The van der Waals surface area contributed by atoms with Gasteiger partial charge in [0.25, 0.3) is 0 Å². The highest BCUT2D eigenvalue weighted by atomic mass is 32.2. The Morgan fingerprint density at radius 3 is 2.32 bits per heavy atom. The van der Waals surface area contributed by atoms with Gasteiger partial charge in [0.15, 0.2) is 27.3 Å². The van der Waals surface area contributed by atoms with Crippen molar-refractivity contribution < 1.29 is 22.0 Å². The molecule has 0 radical (unpaired) electrons. The molecule has 1 aromatic carbocycles. The predicted octanol–water partition coefficient (Wildman–Crippen LogP) is 3.20. The van der Waals surface area contributed by atoms with Crippen LogP contribution in [0.15, 0.2) is 12.1 Å². The quantitative estimate of drug-likeness (QED) is 0.783. The lowest BCUT2D eigenvalue weighted by molar-refractivity contribution is 0.0892. The molecule has 120 valence electrons. The van der Waals surface area contributed by atoms with Gasteiger partial charge in [-0.25, -0.2) is 17.2 Å². The van der Waals surface area contributed by atoms with Crippen LogP contribution in [0, 0.1) is 24.5 Å². The Morgan fingerprint density at radius 1 is 1.14 bits per heavy atom. The third-order valence-corrected chi connectivity index (χ3v) is 7.77. The number of carbonyl (C=O) groups excluding carboxylic acids is 1. The molecule has 2 aliphatic heterocycles. The maximum absolute atomic E-state index is 13.6. The van der Waals surface area contributed by atoms with Crippen LogP contribution in [0.5, 0.6) is 0 Å². The summed E-state index contributed by atoms with van der Waals surface area (Å²) in [5, 5.41) is -0.917. The van der Waals surface area contributed by atoms with Gasteiger partial charge in [0.05, 0.1) is 10.5 Å². The number of ketones is 1. The van der Waals surface area contributed by atoms with E-state index in [1.54, 1.807) is 0 Å². The molecule has 0 amide bonds. The van der Waals surface area contributed by atoms with Gasteiger partial charge in [0.1, 0.15) is 0 Å². The summed E-state index contributed by atoms with van der Waals surface area (Å²) in [7, 11) is -3.13. The van der Waals surface area contributed by atoms with Crippen LogP contribution in [0.25, 0.3) is 0 Å². The molecule has 2 bridgehead atoms. The minimum Gasteiger partial charge on any atom is -0.294 e. The molecule has 1 aromatic rings. The fourth-order valence-corrected chi connectivity index (χ4v) is 6.30. The summed E-state index contributed by atoms with van der Waals surface area (Å²) in [5.74, 6) is -2.66. The van der Waals surface area contributed by atoms with E-state index >= 15 is 0 Å². The first-order chi connectivity index (χ1) is 10.3. The highest BCUT2D eigenvalue weighted by Gasteiger charge is 2.46. The number of rotatable bonds is 2. The number of Topliss-reactive ketones (excluding diaryl/α,β-unsaturated/α-hetero) is 1. The minimum absolute atomic E-state index is 0.00332. The van der Waals surface area contributed by atoms with Gasteiger partial charge in [-0.15, -0.1) is 0 Å². The zero-order valence-electron chi connectivity index (χ0n) is 12.3. The second-order valence-electron chi connectivity index (χ2n) is 6.33. The van der Waals surface area contributed by atoms with E-state index in [1.807, 2.05) is 0 Å². The number of carbonyl (C=O) groups is 1. The van der Waals surface area contributed by atoms with E-state index in [2.05, 4.69) is 0 Å². The summed E-state index contributed by atoms with van der Waals surface area (Å²) >= 11 is 0. The lowest BCUT2D eigenvalue weighted by Crippen LogP contribution is -2.45. The van der Waals surface area contributed by atoms with E-state index < -0.39 is 37.9 Å². The predicted molar refractivity (Wildman–Crippen MR) is 78.5 cm³/mol. The Labute approximate surface area is 128 Å². The first kappa shape index (κ1) is 15.6. The summed E-state index contributed by atoms with van der Waals surface area (Å²) in [5.41, 5.74) is 0.171.